The van der Waals surface area contributed by atoms with Gasteiger partial charge in [-0.25, -0.2) is 8.42 Å². The molecule has 1 heterocycles. The molecule has 0 saturated carbocycles. The SMILES string of the molecule is C#CCN(CC)S(=O)(=O)c1cc(CNCC)n(CC)c1. The van der Waals surface area contributed by atoms with Crippen LogP contribution in [0.1, 0.15) is 26.5 Å². The van der Waals surface area contributed by atoms with E-state index in [1.54, 1.807) is 19.2 Å². The summed E-state index contributed by atoms with van der Waals surface area (Å²) in [5.41, 5.74) is 0.963. The predicted octanol–water partition coefficient (Wildman–Crippen LogP) is 1.26. The number of terminal acetylenes is 1. The van der Waals surface area contributed by atoms with E-state index in [4.69, 9.17) is 6.42 Å². The summed E-state index contributed by atoms with van der Waals surface area (Å²) in [6, 6.07) is 1.72. The van der Waals surface area contributed by atoms with Crippen molar-refractivity contribution in [3.63, 3.8) is 0 Å². The molecule has 0 unspecified atom stereocenters. The predicted molar refractivity (Wildman–Crippen MR) is 80.8 cm³/mol. The number of aromatic nitrogens is 1. The Kier molecular flexibility index (Phi) is 6.27. The first kappa shape index (κ1) is 16.8. The van der Waals surface area contributed by atoms with Gasteiger partial charge in [-0.05, 0) is 19.5 Å². The maximum Gasteiger partial charge on any atom is 0.245 e. The van der Waals surface area contributed by atoms with Crippen molar-refractivity contribution in [2.45, 2.75) is 38.8 Å². The smallest absolute Gasteiger partial charge is 0.245 e. The third kappa shape index (κ3) is 3.63. The molecule has 1 aromatic rings. The van der Waals surface area contributed by atoms with Crippen LogP contribution in [0.4, 0.5) is 0 Å². The molecule has 0 aliphatic carbocycles. The van der Waals surface area contributed by atoms with Crippen molar-refractivity contribution in [2.75, 3.05) is 19.6 Å². The van der Waals surface area contributed by atoms with Crippen LogP contribution in [0.25, 0.3) is 0 Å². The van der Waals surface area contributed by atoms with E-state index in [0.29, 0.717) is 18.0 Å². The lowest BCUT2D eigenvalue weighted by Gasteiger charge is -2.16. The molecular formula is C14H23N3O2S. The summed E-state index contributed by atoms with van der Waals surface area (Å²) in [6.45, 7) is 8.48. The normalized spacial score (nSPS) is 11.8. The molecule has 5 nitrogen and oxygen atoms in total. The van der Waals surface area contributed by atoms with E-state index in [0.717, 1.165) is 18.8 Å². The highest BCUT2D eigenvalue weighted by Crippen LogP contribution is 2.19. The number of nitrogens with zero attached hydrogens (tertiary/aromatic N) is 2. The van der Waals surface area contributed by atoms with Crippen LogP contribution >= 0.6 is 0 Å². The Labute approximate surface area is 122 Å². The van der Waals surface area contributed by atoms with Gasteiger partial charge in [0.1, 0.15) is 4.90 Å². The number of aryl methyl sites for hydroxylation is 1. The van der Waals surface area contributed by atoms with Gasteiger partial charge in [0.25, 0.3) is 0 Å². The molecule has 1 aromatic heterocycles. The number of nitrogens with one attached hydrogen (secondary N) is 1. The van der Waals surface area contributed by atoms with Crippen molar-refractivity contribution in [3.05, 3.63) is 18.0 Å². The van der Waals surface area contributed by atoms with E-state index >= 15 is 0 Å². The molecule has 1 rings (SSSR count). The minimum Gasteiger partial charge on any atom is -0.349 e. The van der Waals surface area contributed by atoms with E-state index in [2.05, 4.69) is 11.2 Å². The summed E-state index contributed by atoms with van der Waals surface area (Å²) in [4.78, 5) is 0.310. The lowest BCUT2D eigenvalue weighted by Crippen LogP contribution is -2.31. The number of sulfonamides is 1. The van der Waals surface area contributed by atoms with Crippen LogP contribution < -0.4 is 5.32 Å². The molecular weight excluding hydrogens is 274 g/mol. The minimum absolute atomic E-state index is 0.0959. The summed E-state index contributed by atoms with van der Waals surface area (Å²) in [5, 5.41) is 3.21. The van der Waals surface area contributed by atoms with Crippen molar-refractivity contribution >= 4 is 10.0 Å². The quantitative estimate of drug-likeness (QED) is 0.735. The molecule has 0 amide bonds. The van der Waals surface area contributed by atoms with Crippen LogP contribution in [-0.4, -0.2) is 36.9 Å². The van der Waals surface area contributed by atoms with Gasteiger partial charge in [0, 0.05) is 31.5 Å². The van der Waals surface area contributed by atoms with Crippen LogP contribution in [0.3, 0.4) is 0 Å². The highest BCUT2D eigenvalue weighted by atomic mass is 32.2. The molecule has 0 aliphatic rings. The second-order valence-corrected chi connectivity index (χ2v) is 6.31. The Hall–Kier alpha value is -1.29. The molecule has 112 valence electrons. The second-order valence-electron chi connectivity index (χ2n) is 4.37. The van der Waals surface area contributed by atoms with Gasteiger partial charge in [-0.15, -0.1) is 6.42 Å². The van der Waals surface area contributed by atoms with Crippen LogP contribution in [0.2, 0.25) is 0 Å². The summed E-state index contributed by atoms with van der Waals surface area (Å²) < 4.78 is 28.3. The summed E-state index contributed by atoms with van der Waals surface area (Å²) >= 11 is 0. The molecule has 0 spiro atoms. The van der Waals surface area contributed by atoms with Crippen molar-refractivity contribution < 1.29 is 8.42 Å². The van der Waals surface area contributed by atoms with Gasteiger partial charge in [0.15, 0.2) is 0 Å². The standard InChI is InChI=1S/C14H23N3O2S/c1-5-9-17(8-4)20(18,19)14-10-13(11-15-6-2)16(7-3)12-14/h1,10,12,15H,6-9,11H2,2-4H3. The summed E-state index contributed by atoms with van der Waals surface area (Å²) in [6.07, 6.45) is 6.92. The molecule has 20 heavy (non-hydrogen) atoms. The Morgan fingerprint density at radius 3 is 2.60 bits per heavy atom. The van der Waals surface area contributed by atoms with Crippen molar-refractivity contribution in [3.8, 4) is 12.3 Å². The first-order valence-corrected chi connectivity index (χ1v) is 8.28. The third-order valence-corrected chi connectivity index (χ3v) is 5.00. The van der Waals surface area contributed by atoms with E-state index < -0.39 is 10.0 Å². The van der Waals surface area contributed by atoms with Gasteiger partial charge in [-0.3, -0.25) is 0 Å². The molecule has 0 bridgehead atoms. The average Bonchev–Trinajstić information content (AvgIpc) is 2.86. The van der Waals surface area contributed by atoms with E-state index in [1.165, 1.54) is 4.31 Å². The molecule has 0 radical (unpaired) electrons. The zero-order valence-electron chi connectivity index (χ0n) is 12.4. The molecule has 0 aromatic carbocycles. The van der Waals surface area contributed by atoms with Gasteiger partial charge < -0.3 is 9.88 Å². The second kappa shape index (κ2) is 7.48. The fourth-order valence-electron chi connectivity index (χ4n) is 1.98. The Morgan fingerprint density at radius 1 is 1.40 bits per heavy atom. The first-order valence-electron chi connectivity index (χ1n) is 6.84. The third-order valence-electron chi connectivity index (χ3n) is 3.12. The van der Waals surface area contributed by atoms with Crippen molar-refractivity contribution in [1.29, 1.82) is 0 Å². The molecule has 0 atom stereocenters. The van der Waals surface area contributed by atoms with Gasteiger partial charge in [-0.2, -0.15) is 4.31 Å². The highest BCUT2D eigenvalue weighted by molar-refractivity contribution is 7.89. The van der Waals surface area contributed by atoms with Crippen LogP contribution in [0.15, 0.2) is 17.2 Å². The first-order chi connectivity index (χ1) is 9.51. The number of hydrogen-bond donors (Lipinski definition) is 1. The van der Waals surface area contributed by atoms with Crippen LogP contribution in [0.5, 0.6) is 0 Å². The van der Waals surface area contributed by atoms with Gasteiger partial charge >= 0.3 is 0 Å². The maximum atomic E-state index is 12.5. The fraction of sp³-hybridized carbons (Fsp3) is 0.571. The molecule has 0 fully saturated rings. The van der Waals surface area contributed by atoms with E-state index in [1.807, 2.05) is 18.4 Å². The fourth-order valence-corrected chi connectivity index (χ4v) is 3.41. The van der Waals surface area contributed by atoms with Crippen LogP contribution in [0, 0.1) is 12.3 Å². The zero-order valence-corrected chi connectivity index (χ0v) is 13.2. The Bertz CT molecular complexity index is 570. The van der Waals surface area contributed by atoms with Crippen LogP contribution in [-0.2, 0) is 23.1 Å². The molecule has 0 saturated heterocycles. The maximum absolute atomic E-state index is 12.5. The molecule has 1 N–H and O–H groups in total. The summed E-state index contributed by atoms with van der Waals surface area (Å²) in [7, 11) is -3.51. The van der Waals surface area contributed by atoms with Gasteiger partial charge in [0.05, 0.1) is 6.54 Å². The number of hydrogen-bond acceptors (Lipinski definition) is 3. The number of rotatable bonds is 8. The summed E-state index contributed by atoms with van der Waals surface area (Å²) in [5.74, 6) is 2.39. The van der Waals surface area contributed by atoms with Crippen molar-refractivity contribution in [1.82, 2.24) is 14.2 Å². The molecule has 0 aliphatic heterocycles. The lowest BCUT2D eigenvalue weighted by atomic mass is 10.4. The highest BCUT2D eigenvalue weighted by Gasteiger charge is 2.24. The lowest BCUT2D eigenvalue weighted by molar-refractivity contribution is 0.464. The van der Waals surface area contributed by atoms with Gasteiger partial charge in [-0.1, -0.05) is 19.8 Å². The Balaban J connectivity index is 3.12. The minimum atomic E-state index is -3.51. The largest absolute Gasteiger partial charge is 0.349 e. The monoisotopic (exact) mass is 297 g/mol. The van der Waals surface area contributed by atoms with Gasteiger partial charge in [0.2, 0.25) is 10.0 Å². The zero-order chi connectivity index (χ0) is 15.2. The average molecular weight is 297 g/mol. The van der Waals surface area contributed by atoms with Crippen molar-refractivity contribution in [2.24, 2.45) is 0 Å². The van der Waals surface area contributed by atoms with E-state index in [9.17, 15) is 8.42 Å². The topological polar surface area (TPSA) is 54.3 Å². The molecule has 6 heteroatoms. The van der Waals surface area contributed by atoms with E-state index in [-0.39, 0.29) is 6.54 Å². The Morgan fingerprint density at radius 2 is 2.10 bits per heavy atom.